The van der Waals surface area contributed by atoms with E-state index in [1.54, 1.807) is 27.6 Å². The van der Waals surface area contributed by atoms with Crippen molar-refractivity contribution in [2.24, 2.45) is 0 Å². The molecule has 0 spiro atoms. The van der Waals surface area contributed by atoms with Gasteiger partial charge in [0, 0.05) is 55.7 Å². The molecular formula is C18H22N6O2S. The Bertz CT molecular complexity index is 1040. The molecule has 3 aromatic heterocycles. The van der Waals surface area contributed by atoms with Crippen LogP contribution in [0.3, 0.4) is 0 Å². The van der Waals surface area contributed by atoms with Crippen LogP contribution in [0.15, 0.2) is 48.0 Å². The summed E-state index contributed by atoms with van der Waals surface area (Å²) in [4.78, 5) is 8.96. The second-order valence-electron chi connectivity index (χ2n) is 6.67. The summed E-state index contributed by atoms with van der Waals surface area (Å²) in [6.45, 7) is 5.46. The Morgan fingerprint density at radius 2 is 2.11 bits per heavy atom. The van der Waals surface area contributed by atoms with Gasteiger partial charge in [-0.25, -0.2) is 13.4 Å². The van der Waals surface area contributed by atoms with Crippen molar-refractivity contribution in [3.8, 4) is 11.4 Å². The molecule has 142 valence electrons. The standard InChI is InChI=1S/C18H22N6O2S/c1-3-22-13-17(11-21-22)27(25,26)23-8-6-16(12-23)24-14(2)9-20-18(24)15-5-4-7-19-10-15/h4-5,7,9-11,13,16H,3,6,8,12H2,1-2H3. The molecular weight excluding hydrogens is 364 g/mol. The molecule has 0 aliphatic carbocycles. The minimum absolute atomic E-state index is 0.0405. The molecule has 27 heavy (non-hydrogen) atoms. The Morgan fingerprint density at radius 3 is 2.81 bits per heavy atom. The third-order valence-electron chi connectivity index (χ3n) is 4.96. The van der Waals surface area contributed by atoms with E-state index in [1.807, 2.05) is 32.2 Å². The van der Waals surface area contributed by atoms with Crippen LogP contribution < -0.4 is 0 Å². The lowest BCUT2D eigenvalue weighted by Gasteiger charge is -2.19. The predicted octanol–water partition coefficient (Wildman–Crippen LogP) is 2.11. The topological polar surface area (TPSA) is 85.9 Å². The molecule has 9 heteroatoms. The maximum Gasteiger partial charge on any atom is 0.246 e. The minimum Gasteiger partial charge on any atom is -0.324 e. The summed E-state index contributed by atoms with van der Waals surface area (Å²) < 4.78 is 31.2. The van der Waals surface area contributed by atoms with Gasteiger partial charge in [-0.1, -0.05) is 0 Å². The van der Waals surface area contributed by atoms with Gasteiger partial charge >= 0.3 is 0 Å². The summed E-state index contributed by atoms with van der Waals surface area (Å²) in [6.07, 6.45) is 9.09. The van der Waals surface area contributed by atoms with Gasteiger partial charge in [-0.3, -0.25) is 9.67 Å². The molecule has 4 heterocycles. The second-order valence-corrected chi connectivity index (χ2v) is 8.61. The predicted molar refractivity (Wildman–Crippen MR) is 101 cm³/mol. The first-order valence-electron chi connectivity index (χ1n) is 8.97. The van der Waals surface area contributed by atoms with Crippen molar-refractivity contribution in [3.63, 3.8) is 0 Å². The fourth-order valence-corrected chi connectivity index (χ4v) is 5.00. The van der Waals surface area contributed by atoms with E-state index in [4.69, 9.17) is 0 Å². The van der Waals surface area contributed by atoms with Gasteiger partial charge in [0.1, 0.15) is 10.7 Å². The number of rotatable bonds is 5. The third-order valence-corrected chi connectivity index (χ3v) is 6.78. The zero-order valence-corrected chi connectivity index (χ0v) is 16.2. The van der Waals surface area contributed by atoms with Crippen LogP contribution in [0.5, 0.6) is 0 Å². The van der Waals surface area contributed by atoms with Crippen LogP contribution in [0.2, 0.25) is 0 Å². The minimum atomic E-state index is -3.54. The van der Waals surface area contributed by atoms with Crippen LogP contribution in [0.4, 0.5) is 0 Å². The summed E-state index contributed by atoms with van der Waals surface area (Å²) >= 11 is 0. The van der Waals surface area contributed by atoms with Crippen molar-refractivity contribution in [2.45, 2.75) is 37.8 Å². The van der Waals surface area contributed by atoms with E-state index in [-0.39, 0.29) is 10.9 Å². The van der Waals surface area contributed by atoms with E-state index in [2.05, 4.69) is 19.6 Å². The van der Waals surface area contributed by atoms with Gasteiger partial charge in [0.05, 0.1) is 12.2 Å². The van der Waals surface area contributed by atoms with Gasteiger partial charge in [0.2, 0.25) is 10.0 Å². The van der Waals surface area contributed by atoms with Crippen LogP contribution in [-0.2, 0) is 16.6 Å². The fraction of sp³-hybridized carbons (Fsp3) is 0.389. The number of imidazole rings is 1. The van der Waals surface area contributed by atoms with Crippen molar-refractivity contribution >= 4 is 10.0 Å². The Labute approximate surface area is 158 Å². The zero-order valence-electron chi connectivity index (χ0n) is 15.4. The normalized spacial score (nSPS) is 18.2. The lowest BCUT2D eigenvalue weighted by Crippen LogP contribution is -2.29. The molecule has 0 saturated carbocycles. The number of nitrogens with zero attached hydrogens (tertiary/aromatic N) is 6. The molecule has 1 unspecified atom stereocenters. The Hall–Kier alpha value is -2.52. The highest BCUT2D eigenvalue weighted by Crippen LogP contribution is 2.32. The van der Waals surface area contributed by atoms with E-state index in [1.165, 1.54) is 6.20 Å². The van der Waals surface area contributed by atoms with Gasteiger partial charge in [0.25, 0.3) is 0 Å². The Kier molecular flexibility index (Phi) is 4.56. The molecule has 4 rings (SSSR count). The first-order valence-corrected chi connectivity index (χ1v) is 10.4. The van der Waals surface area contributed by atoms with Crippen molar-refractivity contribution in [2.75, 3.05) is 13.1 Å². The number of aromatic nitrogens is 5. The van der Waals surface area contributed by atoms with Crippen LogP contribution in [-0.4, -0.2) is 50.1 Å². The monoisotopic (exact) mass is 386 g/mol. The van der Waals surface area contributed by atoms with Gasteiger partial charge < -0.3 is 4.57 Å². The second kappa shape index (κ2) is 6.90. The molecule has 1 atom stereocenters. The maximum atomic E-state index is 13.0. The molecule has 0 aromatic carbocycles. The lowest BCUT2D eigenvalue weighted by atomic mass is 10.2. The van der Waals surface area contributed by atoms with Gasteiger partial charge in [-0.05, 0) is 32.4 Å². The van der Waals surface area contributed by atoms with E-state index < -0.39 is 10.0 Å². The van der Waals surface area contributed by atoms with Crippen molar-refractivity contribution in [1.82, 2.24) is 28.6 Å². The smallest absolute Gasteiger partial charge is 0.246 e. The molecule has 1 aliphatic rings. The molecule has 0 bridgehead atoms. The van der Waals surface area contributed by atoms with Gasteiger partial charge in [-0.2, -0.15) is 9.40 Å². The van der Waals surface area contributed by atoms with Gasteiger partial charge in [0.15, 0.2) is 0 Å². The molecule has 1 saturated heterocycles. The van der Waals surface area contributed by atoms with Crippen molar-refractivity contribution in [3.05, 3.63) is 48.8 Å². The molecule has 1 aliphatic heterocycles. The Morgan fingerprint density at radius 1 is 1.26 bits per heavy atom. The van der Waals surface area contributed by atoms with Crippen molar-refractivity contribution in [1.29, 1.82) is 0 Å². The first kappa shape index (κ1) is 17.9. The summed E-state index contributed by atoms with van der Waals surface area (Å²) in [5.74, 6) is 0.823. The van der Waals surface area contributed by atoms with Crippen molar-refractivity contribution < 1.29 is 8.42 Å². The number of hydrogen-bond donors (Lipinski definition) is 0. The highest BCUT2D eigenvalue weighted by Gasteiger charge is 2.35. The summed E-state index contributed by atoms with van der Waals surface area (Å²) in [5.41, 5.74) is 1.94. The van der Waals surface area contributed by atoms with E-state index in [0.717, 1.165) is 23.5 Å². The summed E-state index contributed by atoms with van der Waals surface area (Å²) in [6, 6.07) is 3.88. The largest absolute Gasteiger partial charge is 0.324 e. The average Bonchev–Trinajstić information content (AvgIpc) is 3.41. The van der Waals surface area contributed by atoms with Crippen LogP contribution in [0.25, 0.3) is 11.4 Å². The molecule has 0 N–H and O–H groups in total. The van der Waals surface area contributed by atoms with E-state index in [9.17, 15) is 8.42 Å². The molecule has 0 radical (unpaired) electrons. The lowest BCUT2D eigenvalue weighted by molar-refractivity contribution is 0.450. The summed E-state index contributed by atoms with van der Waals surface area (Å²) in [5, 5.41) is 4.10. The maximum absolute atomic E-state index is 13.0. The molecule has 0 amide bonds. The van der Waals surface area contributed by atoms with Crippen LogP contribution in [0, 0.1) is 6.92 Å². The number of hydrogen-bond acceptors (Lipinski definition) is 5. The Balaban J connectivity index is 1.61. The highest BCUT2D eigenvalue weighted by molar-refractivity contribution is 7.89. The van der Waals surface area contributed by atoms with Gasteiger partial charge in [-0.15, -0.1) is 0 Å². The van der Waals surface area contributed by atoms with Crippen LogP contribution in [0.1, 0.15) is 25.1 Å². The SMILES string of the molecule is CCn1cc(S(=O)(=O)N2CCC(n3c(C)cnc3-c3cccnc3)C2)cn1. The van der Waals surface area contributed by atoms with E-state index >= 15 is 0 Å². The molecule has 3 aromatic rings. The first-order chi connectivity index (χ1) is 13.0. The molecule has 8 nitrogen and oxygen atoms in total. The fourth-order valence-electron chi connectivity index (χ4n) is 3.56. The third kappa shape index (κ3) is 3.17. The highest BCUT2D eigenvalue weighted by atomic mass is 32.2. The number of pyridine rings is 1. The summed E-state index contributed by atoms with van der Waals surface area (Å²) in [7, 11) is -3.54. The zero-order chi connectivity index (χ0) is 19.0. The quantitative estimate of drug-likeness (QED) is 0.670. The average molecular weight is 386 g/mol. The van der Waals surface area contributed by atoms with E-state index in [0.29, 0.717) is 19.6 Å². The molecule has 1 fully saturated rings. The number of sulfonamides is 1. The van der Waals surface area contributed by atoms with Crippen LogP contribution >= 0.6 is 0 Å². The number of aryl methyl sites for hydroxylation is 2.